The number of esters is 1. The summed E-state index contributed by atoms with van der Waals surface area (Å²) in [6.07, 6.45) is 1.74. The second kappa shape index (κ2) is 13.4. The second-order valence-electron chi connectivity index (χ2n) is 10.4. The predicted octanol–water partition coefficient (Wildman–Crippen LogP) is 5.61. The molecule has 0 aliphatic carbocycles. The van der Waals surface area contributed by atoms with Crippen molar-refractivity contribution in [2.75, 3.05) is 32.8 Å². The van der Waals surface area contributed by atoms with Gasteiger partial charge in [0.2, 0.25) is 5.91 Å². The van der Waals surface area contributed by atoms with Crippen LogP contribution in [0.2, 0.25) is 0 Å². The first-order valence-corrected chi connectivity index (χ1v) is 13.8. The van der Waals surface area contributed by atoms with E-state index in [0.717, 1.165) is 37.1 Å². The molecule has 0 bridgehead atoms. The van der Waals surface area contributed by atoms with Gasteiger partial charge in [0.25, 0.3) is 0 Å². The van der Waals surface area contributed by atoms with Gasteiger partial charge in [0, 0.05) is 13.1 Å². The van der Waals surface area contributed by atoms with Gasteiger partial charge in [-0.25, -0.2) is 0 Å². The number of carbonyl (C=O) groups excluding carboxylic acids is 2. The molecule has 5 heteroatoms. The maximum absolute atomic E-state index is 13.4. The zero-order valence-electron chi connectivity index (χ0n) is 22.9. The van der Waals surface area contributed by atoms with Crippen LogP contribution in [0.3, 0.4) is 0 Å². The number of hydrogen-bond donors (Lipinski definition) is 1. The molecule has 38 heavy (non-hydrogen) atoms. The number of rotatable bonds is 10. The first kappa shape index (κ1) is 27.6. The molecule has 3 aromatic carbocycles. The van der Waals surface area contributed by atoms with E-state index in [-0.39, 0.29) is 29.6 Å². The van der Waals surface area contributed by atoms with E-state index in [1.807, 2.05) is 49.4 Å². The van der Waals surface area contributed by atoms with E-state index in [0.29, 0.717) is 19.7 Å². The molecule has 1 aliphatic heterocycles. The van der Waals surface area contributed by atoms with Crippen molar-refractivity contribution in [1.82, 2.24) is 10.2 Å². The van der Waals surface area contributed by atoms with Gasteiger partial charge in [-0.05, 0) is 69.3 Å². The molecule has 0 aromatic heterocycles. The number of benzene rings is 3. The highest BCUT2D eigenvalue weighted by Gasteiger charge is 2.36. The van der Waals surface area contributed by atoms with Gasteiger partial charge in [0.15, 0.2) is 0 Å². The fourth-order valence-electron chi connectivity index (χ4n) is 5.44. The topological polar surface area (TPSA) is 58.6 Å². The van der Waals surface area contributed by atoms with Crippen molar-refractivity contribution in [3.05, 3.63) is 107 Å². The number of nitrogens with zero attached hydrogens (tertiary/aromatic N) is 1. The van der Waals surface area contributed by atoms with E-state index in [4.69, 9.17) is 4.74 Å². The van der Waals surface area contributed by atoms with Crippen molar-refractivity contribution in [1.29, 1.82) is 0 Å². The third-order valence-electron chi connectivity index (χ3n) is 7.55. The van der Waals surface area contributed by atoms with Gasteiger partial charge in [0.05, 0.1) is 18.4 Å². The lowest BCUT2D eigenvalue weighted by Gasteiger charge is -2.37. The third-order valence-corrected chi connectivity index (χ3v) is 7.55. The lowest BCUT2D eigenvalue weighted by atomic mass is 9.80. The highest BCUT2D eigenvalue weighted by atomic mass is 16.5. The lowest BCUT2D eigenvalue weighted by Crippen LogP contribution is -2.44. The van der Waals surface area contributed by atoms with Crippen LogP contribution in [-0.4, -0.2) is 49.6 Å². The summed E-state index contributed by atoms with van der Waals surface area (Å²) >= 11 is 0. The molecule has 1 aliphatic rings. The number of likely N-dealkylation sites (tertiary alicyclic amines) is 1. The Morgan fingerprint density at radius 3 is 2.11 bits per heavy atom. The Morgan fingerprint density at radius 1 is 0.921 bits per heavy atom. The molecule has 1 saturated heterocycles. The Bertz CT molecular complexity index is 1130. The summed E-state index contributed by atoms with van der Waals surface area (Å²) in [6.45, 7) is 9.40. The number of carbonyl (C=O) groups is 2. The van der Waals surface area contributed by atoms with Crippen LogP contribution in [0.1, 0.15) is 59.4 Å². The van der Waals surface area contributed by atoms with Gasteiger partial charge in [-0.2, -0.15) is 0 Å². The maximum atomic E-state index is 13.4. The van der Waals surface area contributed by atoms with Crippen LogP contribution >= 0.6 is 0 Å². The Labute approximate surface area is 227 Å². The number of nitrogens with one attached hydrogen (secondary N) is 1. The van der Waals surface area contributed by atoms with Crippen molar-refractivity contribution >= 4 is 11.9 Å². The molecular weight excluding hydrogens is 472 g/mol. The number of ether oxygens (including phenoxy) is 1. The Balaban J connectivity index is 1.35. The molecule has 1 fully saturated rings. The lowest BCUT2D eigenvalue weighted by molar-refractivity contribution is -0.150. The highest BCUT2D eigenvalue weighted by Crippen LogP contribution is 2.34. The van der Waals surface area contributed by atoms with Gasteiger partial charge in [0.1, 0.15) is 0 Å². The van der Waals surface area contributed by atoms with Gasteiger partial charge in [-0.3, -0.25) is 9.59 Å². The normalized spacial score (nSPS) is 17.8. The number of amides is 1. The van der Waals surface area contributed by atoms with Crippen LogP contribution in [0.15, 0.2) is 78.9 Å². The quantitative estimate of drug-likeness (QED) is 0.283. The molecule has 5 nitrogen and oxygen atoms in total. The van der Waals surface area contributed by atoms with Gasteiger partial charge >= 0.3 is 5.97 Å². The molecular formula is C33H40N2O3. The molecule has 0 spiro atoms. The third kappa shape index (κ3) is 7.11. The van der Waals surface area contributed by atoms with Crippen molar-refractivity contribution in [3.8, 4) is 0 Å². The van der Waals surface area contributed by atoms with E-state index < -0.39 is 0 Å². The Hall–Kier alpha value is -3.44. The standard InChI is InChI=1S/C33H40N2O3/c1-4-38-33(37)30-23-35(22-19-29(30)26-9-6-5-7-10-26)21-8-20-34-32(36)31(27-15-11-24(2)12-16-27)28-17-13-25(3)14-18-28/h5-7,9-18,29-31H,4,8,19-23H2,1-3H3,(H,34,36). The minimum atomic E-state index is -0.342. The van der Waals surface area contributed by atoms with Crippen molar-refractivity contribution in [3.63, 3.8) is 0 Å². The largest absolute Gasteiger partial charge is 0.466 e. The Kier molecular flexibility index (Phi) is 9.72. The van der Waals surface area contributed by atoms with Crippen molar-refractivity contribution in [2.45, 2.75) is 45.4 Å². The number of aryl methyl sites for hydroxylation is 2. The molecule has 4 rings (SSSR count). The first-order chi connectivity index (χ1) is 18.5. The zero-order valence-corrected chi connectivity index (χ0v) is 22.9. The molecule has 0 radical (unpaired) electrons. The molecule has 2 atom stereocenters. The van der Waals surface area contributed by atoms with Crippen LogP contribution < -0.4 is 5.32 Å². The van der Waals surface area contributed by atoms with Crippen molar-refractivity contribution in [2.24, 2.45) is 5.92 Å². The molecule has 3 aromatic rings. The zero-order chi connectivity index (χ0) is 26.9. The molecule has 200 valence electrons. The summed E-state index contributed by atoms with van der Waals surface area (Å²) < 4.78 is 5.44. The fourth-order valence-corrected chi connectivity index (χ4v) is 5.44. The minimum Gasteiger partial charge on any atom is -0.466 e. The van der Waals surface area contributed by atoms with E-state index in [1.165, 1.54) is 16.7 Å². The summed E-state index contributed by atoms with van der Waals surface area (Å²) in [5.74, 6) is -0.432. The predicted molar refractivity (Wildman–Crippen MR) is 152 cm³/mol. The summed E-state index contributed by atoms with van der Waals surface area (Å²) in [6, 6.07) is 26.7. The highest BCUT2D eigenvalue weighted by molar-refractivity contribution is 5.87. The summed E-state index contributed by atoms with van der Waals surface area (Å²) in [7, 11) is 0. The molecule has 1 N–H and O–H groups in total. The second-order valence-corrected chi connectivity index (χ2v) is 10.4. The van der Waals surface area contributed by atoms with Crippen LogP contribution in [0.25, 0.3) is 0 Å². The minimum absolute atomic E-state index is 0.0184. The summed E-state index contributed by atoms with van der Waals surface area (Å²) in [5.41, 5.74) is 5.55. The van der Waals surface area contributed by atoms with E-state index >= 15 is 0 Å². The summed E-state index contributed by atoms with van der Waals surface area (Å²) in [4.78, 5) is 28.6. The van der Waals surface area contributed by atoms with Crippen molar-refractivity contribution < 1.29 is 14.3 Å². The first-order valence-electron chi connectivity index (χ1n) is 13.8. The van der Waals surface area contributed by atoms with Crippen LogP contribution in [0.4, 0.5) is 0 Å². The van der Waals surface area contributed by atoms with Crippen LogP contribution in [0, 0.1) is 19.8 Å². The smallest absolute Gasteiger partial charge is 0.310 e. The monoisotopic (exact) mass is 512 g/mol. The molecule has 1 heterocycles. The SMILES string of the molecule is CCOC(=O)C1CN(CCCNC(=O)C(c2ccc(C)cc2)c2ccc(C)cc2)CCC1c1ccccc1. The van der Waals surface area contributed by atoms with E-state index in [2.05, 4.69) is 60.5 Å². The maximum Gasteiger partial charge on any atom is 0.310 e. The fraction of sp³-hybridized carbons (Fsp3) is 0.394. The molecule has 2 unspecified atom stereocenters. The van der Waals surface area contributed by atoms with Crippen LogP contribution in [0.5, 0.6) is 0 Å². The number of hydrogen-bond acceptors (Lipinski definition) is 4. The van der Waals surface area contributed by atoms with Gasteiger partial charge in [-0.1, -0.05) is 90.0 Å². The average Bonchev–Trinajstić information content (AvgIpc) is 2.94. The van der Waals surface area contributed by atoms with Crippen LogP contribution in [-0.2, 0) is 14.3 Å². The molecule has 0 saturated carbocycles. The summed E-state index contributed by atoms with van der Waals surface area (Å²) in [5, 5.41) is 3.18. The molecule has 1 amide bonds. The van der Waals surface area contributed by atoms with Gasteiger partial charge < -0.3 is 15.0 Å². The average molecular weight is 513 g/mol. The van der Waals surface area contributed by atoms with E-state index in [9.17, 15) is 9.59 Å². The Morgan fingerprint density at radius 2 is 1.53 bits per heavy atom. The van der Waals surface area contributed by atoms with E-state index in [1.54, 1.807) is 0 Å². The van der Waals surface area contributed by atoms with Gasteiger partial charge in [-0.15, -0.1) is 0 Å². The number of piperidine rings is 1.